The molecular weight excluding hydrogens is 338 g/mol. The van der Waals surface area contributed by atoms with E-state index in [1.807, 2.05) is 12.1 Å². The van der Waals surface area contributed by atoms with Crippen molar-refractivity contribution in [1.29, 1.82) is 0 Å². The summed E-state index contributed by atoms with van der Waals surface area (Å²) in [6.07, 6.45) is 3.44. The van der Waals surface area contributed by atoms with Crippen molar-refractivity contribution in [3.63, 3.8) is 0 Å². The molecule has 3 heterocycles. The lowest BCUT2D eigenvalue weighted by Crippen LogP contribution is -2.38. The average molecular weight is 366 g/mol. The Hall–Kier alpha value is -1.51. The molecule has 3 rings (SSSR count). The quantitative estimate of drug-likeness (QED) is 0.782. The van der Waals surface area contributed by atoms with Crippen molar-refractivity contribution >= 4 is 21.4 Å². The minimum Gasteiger partial charge on any atom is -0.312 e. The van der Waals surface area contributed by atoms with Gasteiger partial charge in [-0.3, -0.25) is 0 Å². The Balaban J connectivity index is 1.82. The zero-order valence-electron chi connectivity index (χ0n) is 15.4. The van der Waals surface area contributed by atoms with E-state index in [1.165, 1.54) is 4.31 Å². The second kappa shape index (κ2) is 7.01. The second-order valence-corrected chi connectivity index (χ2v) is 9.53. The summed E-state index contributed by atoms with van der Waals surface area (Å²) in [6.45, 7) is 6.36. The van der Waals surface area contributed by atoms with Crippen LogP contribution in [0.15, 0.2) is 18.3 Å². The summed E-state index contributed by atoms with van der Waals surface area (Å²) in [5.41, 5.74) is 1.83. The van der Waals surface area contributed by atoms with Crippen molar-refractivity contribution in [2.75, 3.05) is 27.2 Å². The Kier molecular flexibility index (Phi) is 5.13. The van der Waals surface area contributed by atoms with Crippen LogP contribution in [0.5, 0.6) is 0 Å². The Labute approximate surface area is 149 Å². The van der Waals surface area contributed by atoms with E-state index < -0.39 is 10.2 Å². The summed E-state index contributed by atoms with van der Waals surface area (Å²) < 4.78 is 29.7. The van der Waals surface area contributed by atoms with Crippen LogP contribution in [-0.2, 0) is 23.2 Å². The normalized spacial score (nSPS) is 19.5. The topological polar surface area (TPSA) is 71.3 Å². The number of nitrogens with zero attached hydrogens (tertiary/aromatic N) is 5. The molecule has 0 aromatic carbocycles. The van der Waals surface area contributed by atoms with Gasteiger partial charge in [0.2, 0.25) is 0 Å². The van der Waals surface area contributed by atoms with Gasteiger partial charge in [-0.05, 0) is 30.4 Å². The average Bonchev–Trinajstić information content (AvgIpc) is 3.13. The van der Waals surface area contributed by atoms with Gasteiger partial charge in [-0.25, -0.2) is 9.97 Å². The van der Waals surface area contributed by atoms with Crippen LogP contribution in [0.3, 0.4) is 0 Å². The molecule has 2 aromatic heterocycles. The van der Waals surface area contributed by atoms with Crippen LogP contribution in [0.2, 0.25) is 0 Å². The first-order valence-corrected chi connectivity index (χ1v) is 10.2. The predicted molar refractivity (Wildman–Crippen MR) is 98.4 cm³/mol. The largest absolute Gasteiger partial charge is 0.312 e. The fourth-order valence-electron chi connectivity index (χ4n) is 3.38. The van der Waals surface area contributed by atoms with Crippen LogP contribution < -0.4 is 0 Å². The number of aromatic nitrogens is 3. The van der Waals surface area contributed by atoms with E-state index >= 15 is 0 Å². The molecule has 7 nitrogen and oxygen atoms in total. The van der Waals surface area contributed by atoms with Gasteiger partial charge in [-0.1, -0.05) is 13.8 Å². The lowest BCUT2D eigenvalue weighted by atomic mass is 10.0. The first-order valence-electron chi connectivity index (χ1n) is 8.76. The van der Waals surface area contributed by atoms with E-state index in [1.54, 1.807) is 24.6 Å². The summed E-state index contributed by atoms with van der Waals surface area (Å²) in [6, 6.07) is 3.89. The third kappa shape index (κ3) is 3.70. The lowest BCUT2D eigenvalue weighted by Gasteiger charge is -2.21. The molecule has 0 aliphatic carbocycles. The molecule has 0 radical (unpaired) electrons. The third-order valence-electron chi connectivity index (χ3n) is 4.64. The summed E-state index contributed by atoms with van der Waals surface area (Å²) in [7, 11) is -0.169. The van der Waals surface area contributed by atoms with Crippen molar-refractivity contribution in [3.05, 3.63) is 24.2 Å². The van der Waals surface area contributed by atoms with Crippen LogP contribution in [0.4, 0.5) is 0 Å². The molecule has 0 N–H and O–H groups in total. The molecule has 1 aliphatic heterocycles. The van der Waals surface area contributed by atoms with Gasteiger partial charge in [0.15, 0.2) is 5.65 Å². The van der Waals surface area contributed by atoms with Gasteiger partial charge in [0.1, 0.15) is 11.3 Å². The summed E-state index contributed by atoms with van der Waals surface area (Å²) in [5.74, 6) is 1.79. The van der Waals surface area contributed by atoms with E-state index in [2.05, 4.69) is 23.4 Å². The first-order chi connectivity index (χ1) is 11.8. The third-order valence-corrected chi connectivity index (χ3v) is 6.55. The van der Waals surface area contributed by atoms with E-state index in [4.69, 9.17) is 4.98 Å². The van der Waals surface area contributed by atoms with Crippen molar-refractivity contribution in [2.45, 2.75) is 33.2 Å². The molecule has 1 fully saturated rings. The molecule has 0 saturated carbocycles. The molecule has 2 aromatic rings. The molecule has 1 saturated heterocycles. The number of pyridine rings is 1. The van der Waals surface area contributed by atoms with Crippen molar-refractivity contribution in [3.8, 4) is 0 Å². The Morgan fingerprint density at radius 3 is 2.80 bits per heavy atom. The first kappa shape index (κ1) is 18.3. The van der Waals surface area contributed by atoms with E-state index in [0.29, 0.717) is 19.0 Å². The van der Waals surface area contributed by atoms with Crippen LogP contribution in [0, 0.1) is 11.8 Å². The zero-order valence-corrected chi connectivity index (χ0v) is 16.2. The SMILES string of the molecule is CC(C)Cn1c(CC2CCN(S(=O)(=O)N(C)C)C2)nc2cccnc21. The van der Waals surface area contributed by atoms with Crippen molar-refractivity contribution in [2.24, 2.45) is 11.8 Å². The van der Waals surface area contributed by atoms with Gasteiger partial charge in [-0.15, -0.1) is 0 Å². The van der Waals surface area contributed by atoms with Crippen LogP contribution in [0.25, 0.3) is 11.2 Å². The van der Waals surface area contributed by atoms with Crippen LogP contribution in [0.1, 0.15) is 26.1 Å². The maximum absolute atomic E-state index is 12.3. The van der Waals surface area contributed by atoms with Gasteiger partial charge in [0, 0.05) is 46.3 Å². The molecule has 1 unspecified atom stereocenters. The lowest BCUT2D eigenvalue weighted by molar-refractivity contribution is 0.406. The zero-order chi connectivity index (χ0) is 18.2. The Morgan fingerprint density at radius 2 is 2.12 bits per heavy atom. The molecule has 8 heteroatoms. The number of hydrogen-bond donors (Lipinski definition) is 0. The van der Waals surface area contributed by atoms with Crippen molar-refractivity contribution in [1.82, 2.24) is 23.1 Å². The minimum absolute atomic E-state index is 0.289. The van der Waals surface area contributed by atoms with Crippen molar-refractivity contribution < 1.29 is 8.42 Å². The van der Waals surface area contributed by atoms with Gasteiger partial charge in [0.05, 0.1) is 0 Å². The molecule has 1 aliphatic rings. The molecule has 0 amide bonds. The molecular formula is C17H27N5O2S. The van der Waals surface area contributed by atoms with Gasteiger partial charge in [-0.2, -0.15) is 17.0 Å². The van der Waals surface area contributed by atoms with E-state index in [9.17, 15) is 8.42 Å². The predicted octanol–water partition coefficient (Wildman–Crippen LogP) is 1.76. The van der Waals surface area contributed by atoms with Gasteiger partial charge < -0.3 is 4.57 Å². The highest BCUT2D eigenvalue weighted by molar-refractivity contribution is 7.86. The van der Waals surface area contributed by atoms with E-state index in [-0.39, 0.29) is 5.92 Å². The second-order valence-electron chi connectivity index (χ2n) is 7.39. The van der Waals surface area contributed by atoms with Crippen LogP contribution in [-0.4, -0.2) is 58.7 Å². The minimum atomic E-state index is -3.33. The molecule has 1 atom stereocenters. The fraction of sp³-hybridized carbons (Fsp3) is 0.647. The highest BCUT2D eigenvalue weighted by atomic mass is 32.2. The maximum Gasteiger partial charge on any atom is 0.281 e. The molecule has 0 bridgehead atoms. The molecule has 0 spiro atoms. The maximum atomic E-state index is 12.3. The Bertz CT molecular complexity index is 844. The summed E-state index contributed by atoms with van der Waals surface area (Å²) >= 11 is 0. The monoisotopic (exact) mass is 365 g/mol. The fourth-order valence-corrected chi connectivity index (χ4v) is 4.58. The van der Waals surface area contributed by atoms with Gasteiger partial charge in [0.25, 0.3) is 10.2 Å². The number of imidazole rings is 1. The van der Waals surface area contributed by atoms with Crippen LogP contribution >= 0.6 is 0 Å². The number of fused-ring (bicyclic) bond motifs is 1. The number of rotatable bonds is 6. The summed E-state index contributed by atoms with van der Waals surface area (Å²) in [5, 5.41) is 0. The van der Waals surface area contributed by atoms with Gasteiger partial charge >= 0.3 is 0 Å². The highest BCUT2D eigenvalue weighted by Gasteiger charge is 2.33. The molecule has 138 valence electrons. The van der Waals surface area contributed by atoms with E-state index in [0.717, 1.165) is 36.4 Å². The smallest absolute Gasteiger partial charge is 0.281 e. The summed E-state index contributed by atoms with van der Waals surface area (Å²) in [4.78, 5) is 9.27. The standard InChI is InChI=1S/C17H27N5O2S/c1-13(2)11-22-16(19-15-6-5-8-18-17(15)22)10-14-7-9-21(12-14)25(23,24)20(3)4/h5-6,8,13-14H,7,9-12H2,1-4H3. The number of hydrogen-bond acceptors (Lipinski definition) is 4. The Morgan fingerprint density at radius 1 is 1.36 bits per heavy atom. The highest BCUT2D eigenvalue weighted by Crippen LogP contribution is 2.25. The molecule has 25 heavy (non-hydrogen) atoms.